The maximum absolute atomic E-state index is 13.0. The van der Waals surface area contributed by atoms with Crippen LogP contribution in [0.2, 0.25) is 0 Å². The number of aliphatic carboxylic acids is 1. The van der Waals surface area contributed by atoms with E-state index in [1.807, 2.05) is 84.8 Å². The second-order valence-corrected chi connectivity index (χ2v) is 22.7. The van der Waals surface area contributed by atoms with Crippen molar-refractivity contribution < 1.29 is 53.1 Å². The molecule has 0 aromatic carbocycles. The van der Waals surface area contributed by atoms with E-state index in [0.717, 1.165) is 42.5 Å². The molecule has 64 heavy (non-hydrogen) atoms. The van der Waals surface area contributed by atoms with Crippen LogP contribution in [0.4, 0.5) is 0 Å². The van der Waals surface area contributed by atoms with E-state index >= 15 is 0 Å². The van der Waals surface area contributed by atoms with Gasteiger partial charge in [-0.25, -0.2) is 0 Å². The topological polar surface area (TPSA) is 296 Å². The first kappa shape index (κ1) is 54.8. The number of rotatable bonds is 20. The fourth-order valence-corrected chi connectivity index (χ4v) is 14.4. The number of carboxylic acid groups (broad SMARTS) is 1. The molecule has 0 bridgehead atoms. The Kier molecular flexibility index (Phi) is 22.2. The number of carbonyl (C=O) groups is 10. The largest absolute Gasteiger partial charge is 0.480 e. The van der Waals surface area contributed by atoms with E-state index in [1.165, 1.54) is 20.3 Å². The minimum atomic E-state index is -1.21. The molecule has 4 aliphatic rings. The van der Waals surface area contributed by atoms with E-state index in [-0.39, 0.29) is 32.1 Å². The van der Waals surface area contributed by atoms with Crippen molar-refractivity contribution in [3.63, 3.8) is 0 Å². The Morgan fingerprint density at radius 1 is 0.625 bits per heavy atom. The van der Waals surface area contributed by atoms with E-state index < -0.39 is 84.3 Å². The number of nitrogens with two attached hydrogens (primary N) is 1. The molecule has 20 nitrogen and oxygen atoms in total. The van der Waals surface area contributed by atoms with Crippen molar-refractivity contribution in [1.82, 2.24) is 41.7 Å². The zero-order chi connectivity index (χ0) is 47.8. The minimum absolute atomic E-state index is 0.00288. The van der Waals surface area contributed by atoms with Crippen LogP contribution in [-0.2, 0) is 47.9 Å². The molecule has 2 unspecified atom stereocenters. The summed E-state index contributed by atoms with van der Waals surface area (Å²) in [6.45, 7) is 6.98. The lowest BCUT2D eigenvalue weighted by atomic mass is 10.1. The highest BCUT2D eigenvalue weighted by Gasteiger charge is 2.49. The smallest absolute Gasteiger partial charge is 0.325 e. The van der Waals surface area contributed by atoms with Gasteiger partial charge in [-0.05, 0) is 89.5 Å². The van der Waals surface area contributed by atoms with Crippen LogP contribution in [0.1, 0.15) is 79.1 Å². The number of amides is 7. The third kappa shape index (κ3) is 16.4. The van der Waals surface area contributed by atoms with Gasteiger partial charge in [0.25, 0.3) is 11.8 Å². The van der Waals surface area contributed by atoms with Crippen LogP contribution in [0, 0.1) is 0 Å². The van der Waals surface area contributed by atoms with Crippen LogP contribution in [0.5, 0.6) is 0 Å². The molecule has 0 aliphatic carbocycles. The van der Waals surface area contributed by atoms with Gasteiger partial charge in [0.15, 0.2) is 0 Å². The number of primary amides is 1. The number of thioether (sulfide) groups is 4. The molecule has 4 heterocycles. The Hall–Kier alpha value is -3.58. The Labute approximate surface area is 391 Å². The first-order valence-electron chi connectivity index (χ1n) is 21.5. The summed E-state index contributed by atoms with van der Waals surface area (Å²) in [4.78, 5) is 125. The van der Waals surface area contributed by atoms with Gasteiger partial charge in [0.1, 0.15) is 12.1 Å². The van der Waals surface area contributed by atoms with Crippen molar-refractivity contribution in [2.24, 2.45) is 5.73 Å². The van der Waals surface area contributed by atoms with Gasteiger partial charge < -0.3 is 42.7 Å². The van der Waals surface area contributed by atoms with Crippen molar-refractivity contribution in [3.8, 4) is 0 Å². The average molecular weight is 976 g/mol. The Morgan fingerprint density at radius 2 is 0.984 bits per heavy atom. The first-order valence-corrected chi connectivity index (χ1v) is 25.4. The number of hydrogen-bond donors (Lipinski definition) is 8. The predicted molar refractivity (Wildman–Crippen MR) is 248 cm³/mol. The lowest BCUT2D eigenvalue weighted by molar-refractivity contribution is -0.142. The number of carboxylic acids is 1. The number of Topliss-reactive ketones (excluding diaryl/α,β-unsaturated/α-hetero) is 2. The summed E-state index contributed by atoms with van der Waals surface area (Å²) in [5.74, 6) is -3.09. The van der Waals surface area contributed by atoms with Crippen molar-refractivity contribution in [2.75, 3.05) is 63.3 Å². The van der Waals surface area contributed by atoms with Crippen LogP contribution in [0.15, 0.2) is 0 Å². The van der Waals surface area contributed by atoms with Gasteiger partial charge >= 0.3 is 5.97 Å². The van der Waals surface area contributed by atoms with Crippen LogP contribution < -0.4 is 37.6 Å². The number of likely N-dealkylation sites (N-methyl/N-ethyl adjacent to an activating group) is 2. The SMILES string of the molecule is CCCC(NC(=O)[C@@H]1CC2(CN1C)SCCCS2)C(=O)C(=O)NCC(=O)N[C@@H](C)C(=O)O.CCCC(NC(=O)[C@@H]1CC2(CN1C)SCCCS2)C(=O)C(=O)NCC(=O)N[C@@H](C)C(N)=O. The van der Waals surface area contributed by atoms with Crippen molar-refractivity contribution >= 4 is 106 Å². The summed E-state index contributed by atoms with van der Waals surface area (Å²) < 4.78 is 0.00312. The fourth-order valence-electron chi connectivity index (χ4n) is 7.43. The van der Waals surface area contributed by atoms with Gasteiger partial charge in [-0.3, -0.25) is 57.7 Å². The molecule has 4 rings (SSSR count). The van der Waals surface area contributed by atoms with Crippen molar-refractivity contribution in [3.05, 3.63) is 0 Å². The summed E-state index contributed by atoms with van der Waals surface area (Å²) in [5, 5.41) is 23.2. The number of ketones is 2. The number of nitrogens with zero attached hydrogens (tertiary/aromatic N) is 2. The summed E-state index contributed by atoms with van der Waals surface area (Å²) in [6, 6.07) is -4.68. The minimum Gasteiger partial charge on any atom is -0.480 e. The van der Waals surface area contributed by atoms with Crippen molar-refractivity contribution in [1.29, 1.82) is 0 Å². The van der Waals surface area contributed by atoms with Crippen LogP contribution >= 0.6 is 47.0 Å². The summed E-state index contributed by atoms with van der Waals surface area (Å²) >= 11 is 7.57. The van der Waals surface area contributed by atoms with E-state index in [9.17, 15) is 47.9 Å². The third-order valence-electron chi connectivity index (χ3n) is 10.9. The maximum Gasteiger partial charge on any atom is 0.325 e. The van der Waals surface area contributed by atoms with Crippen LogP contribution in [0.3, 0.4) is 0 Å². The fraction of sp³-hybridized carbons (Fsp3) is 0.750. The maximum atomic E-state index is 13.0. The normalized spacial score (nSPS) is 22.0. The third-order valence-corrected chi connectivity index (χ3v) is 17.6. The molecule has 9 N–H and O–H groups in total. The molecular weight excluding hydrogens is 911 g/mol. The molecule has 6 atom stereocenters. The molecular formula is C40H65N9O11S4. The van der Waals surface area contributed by atoms with Gasteiger partial charge in [0, 0.05) is 13.1 Å². The molecule has 2 spiro atoms. The standard InChI is InChI=1S/C20H33N5O5S2.C20H32N4O6S2/c1-4-6-13(16(27)19(30)22-10-15(26)23-12(2)17(21)28)24-18(29)14-9-20(11-25(14)3)31-7-5-8-32-20;1-4-6-13(16(26)18(28)21-10-15(25)22-12(2)19(29)30)23-17(27)14-9-20(11-24(14)3)31-7-5-8-32-20/h12-14H,4-11H2,1-3H3,(H2,21,28)(H,22,30)(H,23,26)(H,24,29);12-14H,4-11H2,1-3H3,(H,21,28)(H,22,25)(H,23,27)(H,29,30)/t2*12-,13?,14-/m00/s1. The monoisotopic (exact) mass is 975 g/mol. The number of carbonyl (C=O) groups excluding carboxylic acids is 9. The Bertz CT molecular complexity index is 1610. The number of nitrogens with one attached hydrogen (secondary N) is 6. The highest BCUT2D eigenvalue weighted by Crippen LogP contribution is 2.51. The lowest BCUT2D eigenvalue weighted by Gasteiger charge is -2.31. The second kappa shape index (κ2) is 25.9. The van der Waals surface area contributed by atoms with Gasteiger partial charge in [-0.2, -0.15) is 0 Å². The molecule has 4 fully saturated rings. The highest BCUT2D eigenvalue weighted by molar-refractivity contribution is 8.19. The van der Waals surface area contributed by atoms with E-state index in [4.69, 9.17) is 10.8 Å². The predicted octanol–water partition coefficient (Wildman–Crippen LogP) is -0.966. The van der Waals surface area contributed by atoms with Gasteiger partial charge in [-0.15, -0.1) is 47.0 Å². The van der Waals surface area contributed by atoms with Gasteiger partial charge in [0.05, 0.1) is 45.4 Å². The van der Waals surface area contributed by atoms with E-state index in [1.54, 1.807) is 0 Å². The van der Waals surface area contributed by atoms with Gasteiger partial charge in [-0.1, -0.05) is 26.7 Å². The van der Waals surface area contributed by atoms with E-state index in [0.29, 0.717) is 38.5 Å². The first-order chi connectivity index (χ1) is 30.2. The Balaban J connectivity index is 0.000000340. The lowest BCUT2D eigenvalue weighted by Crippen LogP contribution is -2.53. The Morgan fingerprint density at radius 3 is 1.31 bits per heavy atom. The molecule has 24 heteroatoms. The van der Waals surface area contributed by atoms with Crippen LogP contribution in [0.25, 0.3) is 0 Å². The highest BCUT2D eigenvalue weighted by atomic mass is 32.2. The van der Waals surface area contributed by atoms with Crippen LogP contribution in [-0.4, -0.2) is 181 Å². The molecule has 4 aliphatic heterocycles. The molecule has 360 valence electrons. The quantitative estimate of drug-likeness (QED) is 0.0682. The summed E-state index contributed by atoms with van der Waals surface area (Å²) in [7, 11) is 3.80. The molecule has 0 saturated carbocycles. The zero-order valence-electron chi connectivity index (χ0n) is 37.4. The van der Waals surface area contributed by atoms with Gasteiger partial charge in [0.2, 0.25) is 41.1 Å². The molecule has 0 aromatic rings. The summed E-state index contributed by atoms with van der Waals surface area (Å²) in [6.07, 6.45) is 5.49. The summed E-state index contributed by atoms with van der Waals surface area (Å²) in [5.41, 5.74) is 5.07. The number of hydrogen-bond acceptors (Lipinski definition) is 16. The molecule has 4 saturated heterocycles. The molecule has 7 amide bonds. The van der Waals surface area contributed by atoms with E-state index in [2.05, 4.69) is 31.9 Å². The van der Waals surface area contributed by atoms with Crippen molar-refractivity contribution in [2.45, 2.75) is 123 Å². The zero-order valence-corrected chi connectivity index (χ0v) is 40.7. The number of likely N-dealkylation sites (tertiary alicyclic amines) is 2. The second-order valence-electron chi connectivity index (χ2n) is 16.3. The average Bonchev–Trinajstić information content (AvgIpc) is 3.75. The molecule has 0 radical (unpaired) electrons. The molecule has 0 aromatic heterocycles.